The molecule has 3 fully saturated rings. The third-order valence-electron chi connectivity index (χ3n) is 9.70. The summed E-state index contributed by atoms with van der Waals surface area (Å²) in [5.41, 5.74) is 0.272. The molecule has 5 rings (SSSR count). The summed E-state index contributed by atoms with van der Waals surface area (Å²) in [4.78, 5) is 42.9. The monoisotopic (exact) mass is 620 g/mol. The lowest BCUT2D eigenvalue weighted by molar-refractivity contribution is -0.384. The maximum Gasteiger partial charge on any atom is 0.410 e. The maximum atomic E-state index is 13.4. The Balaban J connectivity index is 1.21. The Morgan fingerprint density at radius 3 is 2.36 bits per heavy atom. The predicted octanol–water partition coefficient (Wildman–Crippen LogP) is 4.73. The lowest BCUT2D eigenvalue weighted by Crippen LogP contribution is -2.50. The number of ether oxygens (including phenoxy) is 2. The van der Waals surface area contributed by atoms with Gasteiger partial charge in [-0.3, -0.25) is 14.9 Å². The summed E-state index contributed by atoms with van der Waals surface area (Å²) in [5, 5.41) is 23.1. The Morgan fingerprint density at radius 1 is 1.09 bits per heavy atom. The Morgan fingerprint density at radius 2 is 1.76 bits per heavy atom. The predicted molar refractivity (Wildman–Crippen MR) is 169 cm³/mol. The smallest absolute Gasteiger partial charge is 0.410 e. The number of β-amino-alcohol motifs (C(OH)–C–C–N with tert-alkyl or cyclic N) is 1. The number of methoxy groups -OCH3 is 1. The average molecular weight is 621 g/mol. The van der Waals surface area contributed by atoms with Crippen LogP contribution in [0, 0.1) is 22.0 Å². The second-order valence-corrected chi connectivity index (χ2v) is 12.5. The van der Waals surface area contributed by atoms with E-state index in [4.69, 9.17) is 9.47 Å². The van der Waals surface area contributed by atoms with Crippen molar-refractivity contribution in [3.05, 3.63) is 82.4 Å². The summed E-state index contributed by atoms with van der Waals surface area (Å²) < 4.78 is 10.9. The minimum absolute atomic E-state index is 0.0155. The molecular weight excluding hydrogens is 576 g/mol. The van der Waals surface area contributed by atoms with Crippen molar-refractivity contribution in [1.29, 1.82) is 0 Å². The van der Waals surface area contributed by atoms with E-state index in [-0.39, 0.29) is 42.6 Å². The van der Waals surface area contributed by atoms with Crippen LogP contribution >= 0.6 is 0 Å². The zero-order chi connectivity index (χ0) is 32.0. The molecule has 0 spiro atoms. The number of amides is 2. The quantitative estimate of drug-likeness (QED) is 0.217. The molecule has 2 aromatic rings. The summed E-state index contributed by atoms with van der Waals surface area (Å²) in [6.07, 6.45) is 6.72. The summed E-state index contributed by atoms with van der Waals surface area (Å²) in [7, 11) is 1.61. The van der Waals surface area contributed by atoms with Crippen LogP contribution in [0.15, 0.2) is 61.2 Å². The first-order valence-electron chi connectivity index (χ1n) is 15.9. The standard InChI is InChI=1S/C34H44N4O7/c1-3-18-37(33(40)45-23-25-8-12-30(13-9-25)38(42)43)29-16-19-35(20-17-29)21-28-22-36(32(39)26-6-4-5-7-26)24-34(28,41)27-10-14-31(44-2)15-11-27/h3,8-15,26,28-29,41H,1,4-7,16-24H2,2H3. The van der Waals surface area contributed by atoms with Crippen molar-refractivity contribution in [2.45, 2.75) is 56.8 Å². The van der Waals surface area contributed by atoms with Crippen LogP contribution in [-0.4, -0.2) is 89.2 Å². The minimum atomic E-state index is -1.17. The zero-order valence-corrected chi connectivity index (χ0v) is 26.0. The number of carbonyl (C=O) groups is 2. The molecule has 2 aliphatic heterocycles. The molecule has 1 N–H and O–H groups in total. The molecule has 2 saturated heterocycles. The summed E-state index contributed by atoms with van der Waals surface area (Å²) in [6, 6.07) is 13.4. The van der Waals surface area contributed by atoms with Gasteiger partial charge < -0.3 is 29.3 Å². The number of benzene rings is 2. The fraction of sp³-hybridized carbons (Fsp3) is 0.529. The fourth-order valence-electron chi connectivity index (χ4n) is 7.09. The van der Waals surface area contributed by atoms with Gasteiger partial charge >= 0.3 is 6.09 Å². The Bertz CT molecular complexity index is 1340. The number of hydrogen-bond acceptors (Lipinski definition) is 8. The SMILES string of the molecule is C=CCN(C(=O)OCc1ccc([N+](=O)[O-])cc1)C1CCN(CC2CN(C(=O)C3CCCC3)CC2(O)c2ccc(OC)cc2)CC1. The summed E-state index contributed by atoms with van der Waals surface area (Å²) in [5.74, 6) is 0.764. The van der Waals surface area contributed by atoms with Crippen molar-refractivity contribution in [3.8, 4) is 5.75 Å². The molecule has 242 valence electrons. The summed E-state index contributed by atoms with van der Waals surface area (Å²) >= 11 is 0. The van der Waals surface area contributed by atoms with Crippen molar-refractivity contribution in [1.82, 2.24) is 14.7 Å². The summed E-state index contributed by atoms with van der Waals surface area (Å²) in [6.45, 7) is 7.08. The van der Waals surface area contributed by atoms with E-state index in [2.05, 4.69) is 11.5 Å². The largest absolute Gasteiger partial charge is 0.497 e. The van der Waals surface area contributed by atoms with Gasteiger partial charge in [-0.15, -0.1) is 6.58 Å². The van der Waals surface area contributed by atoms with Crippen LogP contribution in [0.25, 0.3) is 0 Å². The minimum Gasteiger partial charge on any atom is -0.497 e. The van der Waals surface area contributed by atoms with Crippen molar-refractivity contribution in [2.24, 2.45) is 11.8 Å². The van der Waals surface area contributed by atoms with Gasteiger partial charge in [0.05, 0.1) is 18.6 Å². The fourth-order valence-corrected chi connectivity index (χ4v) is 7.09. The number of nitrogens with zero attached hydrogens (tertiary/aromatic N) is 4. The van der Waals surface area contributed by atoms with Crippen molar-refractivity contribution >= 4 is 17.7 Å². The molecule has 0 bridgehead atoms. The highest BCUT2D eigenvalue weighted by molar-refractivity contribution is 5.79. The molecule has 11 heteroatoms. The number of likely N-dealkylation sites (tertiary alicyclic amines) is 2. The Hall–Kier alpha value is -3.96. The van der Waals surface area contributed by atoms with Gasteiger partial charge in [-0.1, -0.05) is 31.1 Å². The van der Waals surface area contributed by atoms with Crippen LogP contribution in [0.2, 0.25) is 0 Å². The lowest BCUT2D eigenvalue weighted by Gasteiger charge is -2.40. The van der Waals surface area contributed by atoms with E-state index in [0.29, 0.717) is 30.9 Å². The zero-order valence-electron chi connectivity index (χ0n) is 26.0. The first-order valence-corrected chi connectivity index (χ1v) is 15.9. The van der Waals surface area contributed by atoms with Crippen LogP contribution in [0.1, 0.15) is 49.7 Å². The molecule has 2 heterocycles. The van der Waals surface area contributed by atoms with Crippen LogP contribution in [-0.2, 0) is 21.7 Å². The number of non-ortho nitro benzene ring substituents is 1. The second kappa shape index (κ2) is 14.4. The third-order valence-corrected chi connectivity index (χ3v) is 9.70. The van der Waals surface area contributed by atoms with Gasteiger partial charge in [0.15, 0.2) is 0 Å². The Labute approximate surface area is 264 Å². The van der Waals surface area contributed by atoms with Gasteiger partial charge in [0, 0.05) is 62.7 Å². The average Bonchev–Trinajstić information content (AvgIpc) is 3.72. The van der Waals surface area contributed by atoms with Crippen molar-refractivity contribution in [2.75, 3.05) is 46.4 Å². The topological polar surface area (TPSA) is 126 Å². The third kappa shape index (κ3) is 7.48. The Kier molecular flexibility index (Phi) is 10.4. The molecule has 0 aromatic heterocycles. The number of nitro groups is 1. The van der Waals surface area contributed by atoms with E-state index in [9.17, 15) is 24.8 Å². The molecular formula is C34H44N4O7. The van der Waals surface area contributed by atoms with Gasteiger partial charge in [-0.25, -0.2) is 4.79 Å². The molecule has 11 nitrogen and oxygen atoms in total. The maximum absolute atomic E-state index is 13.4. The van der Waals surface area contributed by atoms with E-state index in [0.717, 1.165) is 57.2 Å². The molecule has 2 atom stereocenters. The van der Waals surface area contributed by atoms with E-state index in [1.54, 1.807) is 30.2 Å². The highest BCUT2D eigenvalue weighted by atomic mass is 16.6. The number of nitro benzene ring substituents is 1. The van der Waals surface area contributed by atoms with Crippen molar-refractivity contribution in [3.63, 3.8) is 0 Å². The molecule has 1 saturated carbocycles. The number of hydrogen-bond donors (Lipinski definition) is 1. The number of rotatable bonds is 11. The van der Waals surface area contributed by atoms with Crippen LogP contribution < -0.4 is 4.74 Å². The number of carbonyl (C=O) groups excluding carboxylic acids is 2. The first kappa shape index (κ1) is 32.4. The van der Waals surface area contributed by atoms with Crippen LogP contribution in [0.5, 0.6) is 5.75 Å². The molecule has 1 aliphatic carbocycles. The normalized spacial score (nSPS) is 22.7. The molecule has 0 radical (unpaired) electrons. The van der Waals surface area contributed by atoms with Crippen molar-refractivity contribution < 1.29 is 29.1 Å². The first-order chi connectivity index (χ1) is 21.7. The number of aliphatic hydroxyl groups is 1. The van der Waals surface area contributed by atoms with Gasteiger partial charge in [-0.2, -0.15) is 0 Å². The van der Waals surface area contributed by atoms with Gasteiger partial charge in [0.25, 0.3) is 5.69 Å². The van der Waals surface area contributed by atoms with Crippen LogP contribution in [0.4, 0.5) is 10.5 Å². The van der Waals surface area contributed by atoms with Gasteiger partial charge in [0.2, 0.25) is 5.91 Å². The van der Waals surface area contributed by atoms with E-state index < -0.39 is 16.6 Å². The molecule has 3 aliphatic rings. The van der Waals surface area contributed by atoms with Crippen LogP contribution in [0.3, 0.4) is 0 Å². The molecule has 2 unspecified atom stereocenters. The molecule has 2 aromatic carbocycles. The molecule has 45 heavy (non-hydrogen) atoms. The van der Waals surface area contributed by atoms with E-state index in [1.807, 2.05) is 29.2 Å². The van der Waals surface area contributed by atoms with E-state index in [1.165, 1.54) is 12.1 Å². The van der Waals surface area contributed by atoms with E-state index >= 15 is 0 Å². The highest BCUT2D eigenvalue weighted by Crippen LogP contribution is 2.40. The lowest BCUT2D eigenvalue weighted by atomic mass is 9.83. The van der Waals surface area contributed by atoms with Gasteiger partial charge in [-0.05, 0) is 61.1 Å². The highest BCUT2D eigenvalue weighted by Gasteiger charge is 2.49. The number of piperidine rings is 1. The van der Waals surface area contributed by atoms with Gasteiger partial charge in [0.1, 0.15) is 18.0 Å². The second-order valence-electron chi connectivity index (χ2n) is 12.5. The molecule has 2 amide bonds.